The van der Waals surface area contributed by atoms with Crippen LogP contribution in [0.5, 0.6) is 11.5 Å². The van der Waals surface area contributed by atoms with Crippen LogP contribution in [0.3, 0.4) is 0 Å². The Morgan fingerprint density at radius 3 is 2.79 bits per heavy atom. The summed E-state index contributed by atoms with van der Waals surface area (Å²) in [4.78, 5) is 22.3. The molecule has 2 fully saturated rings. The highest BCUT2D eigenvalue weighted by Gasteiger charge is 2.52. The van der Waals surface area contributed by atoms with Crippen LogP contribution in [0.4, 0.5) is 24.5 Å². The lowest BCUT2D eigenvalue weighted by Gasteiger charge is -2.40. The van der Waals surface area contributed by atoms with Crippen LogP contribution in [0.1, 0.15) is 35.3 Å². The van der Waals surface area contributed by atoms with E-state index in [1.807, 2.05) is 0 Å². The van der Waals surface area contributed by atoms with Crippen molar-refractivity contribution in [1.82, 2.24) is 20.2 Å². The predicted octanol–water partition coefficient (Wildman–Crippen LogP) is 5.27. The number of anilines is 2. The van der Waals surface area contributed by atoms with Crippen molar-refractivity contribution in [2.75, 3.05) is 38.7 Å². The summed E-state index contributed by atoms with van der Waals surface area (Å²) in [5, 5.41) is 6.80. The molecule has 1 saturated heterocycles. The first-order valence-corrected chi connectivity index (χ1v) is 13.1. The normalized spacial score (nSPS) is 19.7. The van der Waals surface area contributed by atoms with E-state index in [0.29, 0.717) is 64.2 Å². The van der Waals surface area contributed by atoms with E-state index in [1.165, 1.54) is 12.0 Å². The number of aromatic amines is 1. The Bertz CT molecular complexity index is 1420. The molecule has 1 amide bonds. The minimum absolute atomic E-state index is 0.0878. The number of carbonyl (C=O) groups excluding carboxylic acids is 1. The zero-order valence-corrected chi connectivity index (χ0v) is 21.9. The topological polar surface area (TPSA) is 91.5 Å². The first kappa shape index (κ1) is 25.8. The summed E-state index contributed by atoms with van der Waals surface area (Å²) in [5.41, 5.74) is 3.56. The molecule has 0 radical (unpaired) electrons. The molecule has 1 aromatic carbocycles. The van der Waals surface area contributed by atoms with Gasteiger partial charge in [-0.15, -0.1) is 0 Å². The molecule has 3 N–H and O–H groups in total. The Morgan fingerprint density at radius 1 is 1.28 bits per heavy atom. The van der Waals surface area contributed by atoms with Crippen LogP contribution in [-0.2, 0) is 5.41 Å². The molecule has 12 heteroatoms. The van der Waals surface area contributed by atoms with Crippen molar-refractivity contribution in [2.24, 2.45) is 0 Å². The molecule has 0 bridgehead atoms. The lowest BCUT2D eigenvalue weighted by Crippen LogP contribution is -2.54. The minimum atomic E-state index is -4.26. The summed E-state index contributed by atoms with van der Waals surface area (Å²) in [5.74, 6) is 0.627. The van der Waals surface area contributed by atoms with Crippen LogP contribution in [0.2, 0.25) is 5.02 Å². The third kappa shape index (κ3) is 4.78. The Labute approximate surface area is 227 Å². The number of pyridine rings is 1. The molecule has 1 aliphatic carbocycles. The number of hydrogen-bond donors (Lipinski definition) is 3. The second-order valence-electron chi connectivity index (χ2n) is 10.2. The van der Waals surface area contributed by atoms with E-state index in [9.17, 15) is 18.0 Å². The van der Waals surface area contributed by atoms with Crippen LogP contribution in [-0.4, -0.2) is 66.3 Å². The summed E-state index contributed by atoms with van der Waals surface area (Å²) in [6, 6.07) is 6.71. The van der Waals surface area contributed by atoms with Gasteiger partial charge in [-0.25, -0.2) is 0 Å². The molecule has 8 nitrogen and oxygen atoms in total. The number of para-hydroxylation sites is 1. The summed E-state index contributed by atoms with van der Waals surface area (Å²) < 4.78 is 50.3. The van der Waals surface area contributed by atoms with Crippen LogP contribution in [0.25, 0.3) is 11.3 Å². The van der Waals surface area contributed by atoms with Gasteiger partial charge in [-0.2, -0.15) is 13.2 Å². The fraction of sp³-hybridized carbons (Fsp3) is 0.407. The number of amides is 1. The highest BCUT2D eigenvalue weighted by atomic mass is 35.5. The average Bonchev–Trinajstić information content (AvgIpc) is 3.57. The third-order valence-corrected chi connectivity index (χ3v) is 8.06. The van der Waals surface area contributed by atoms with E-state index in [2.05, 4.69) is 20.6 Å². The van der Waals surface area contributed by atoms with E-state index in [0.717, 1.165) is 18.5 Å². The number of ether oxygens (including phenoxy) is 2. The van der Waals surface area contributed by atoms with Gasteiger partial charge in [0.15, 0.2) is 5.75 Å². The van der Waals surface area contributed by atoms with Gasteiger partial charge in [-0.05, 0) is 37.5 Å². The minimum Gasteiger partial charge on any atom is -0.493 e. The van der Waals surface area contributed by atoms with E-state index in [-0.39, 0.29) is 24.0 Å². The Balaban J connectivity index is 1.38. The van der Waals surface area contributed by atoms with Crippen LogP contribution >= 0.6 is 11.6 Å². The number of hydrogen-bond acceptors (Lipinski definition) is 6. The molecule has 2 aromatic heterocycles. The number of fused-ring (bicyclic) bond motifs is 2. The molecule has 206 valence electrons. The second-order valence-corrected chi connectivity index (χ2v) is 10.7. The molecule has 1 spiro atoms. The third-order valence-electron chi connectivity index (χ3n) is 7.76. The van der Waals surface area contributed by atoms with Crippen LogP contribution < -0.4 is 20.1 Å². The number of rotatable bonds is 8. The number of halogens is 4. The summed E-state index contributed by atoms with van der Waals surface area (Å²) in [7, 11) is 1.52. The zero-order chi connectivity index (χ0) is 27.4. The maximum Gasteiger partial charge on any atom is 0.401 e. The van der Waals surface area contributed by atoms with Crippen molar-refractivity contribution in [3.05, 3.63) is 52.9 Å². The van der Waals surface area contributed by atoms with Gasteiger partial charge in [0.2, 0.25) is 0 Å². The van der Waals surface area contributed by atoms with E-state index >= 15 is 0 Å². The Morgan fingerprint density at radius 2 is 2.10 bits per heavy atom. The quantitative estimate of drug-likeness (QED) is 0.347. The molecule has 6 rings (SSSR count). The molecule has 2 aliphatic heterocycles. The molecular formula is C27H27ClF3N5O3. The van der Waals surface area contributed by atoms with Crippen LogP contribution in [0, 0.1) is 0 Å². The lowest BCUT2D eigenvalue weighted by atomic mass is 9.93. The molecule has 4 heterocycles. The van der Waals surface area contributed by atoms with Crippen molar-refractivity contribution in [3.63, 3.8) is 0 Å². The van der Waals surface area contributed by atoms with E-state index < -0.39 is 12.7 Å². The maximum atomic E-state index is 13.2. The first-order valence-electron chi connectivity index (χ1n) is 12.7. The first-order chi connectivity index (χ1) is 18.7. The summed E-state index contributed by atoms with van der Waals surface area (Å²) >= 11 is 6.37. The second kappa shape index (κ2) is 9.63. The van der Waals surface area contributed by atoms with Crippen molar-refractivity contribution in [1.29, 1.82) is 0 Å². The highest BCUT2D eigenvalue weighted by Crippen LogP contribution is 2.54. The van der Waals surface area contributed by atoms with Crippen molar-refractivity contribution in [3.8, 4) is 22.8 Å². The number of nitrogens with zero attached hydrogens (tertiary/aromatic N) is 2. The van der Waals surface area contributed by atoms with Crippen molar-refractivity contribution < 1.29 is 27.4 Å². The number of benzene rings is 1. The van der Waals surface area contributed by atoms with E-state index in [1.54, 1.807) is 36.7 Å². The number of likely N-dealkylation sites (tertiary alicyclic amines) is 1. The molecule has 1 unspecified atom stereocenters. The number of H-pyrrole nitrogens is 1. The van der Waals surface area contributed by atoms with Gasteiger partial charge in [0.05, 0.1) is 47.5 Å². The standard InChI is InChI=1S/C27H27ClF3N5O3/c1-38-23-17(28)3-2-4-18(23)34-22-20-24(26(7-8-26)13-33-25(20)37)35-21(22)16-5-9-32-11-19(16)39-12-15-6-10-36(15)14-27(29,30)31/h2-5,9,11,15,34-35H,6-8,10,12-14H2,1H3,(H,33,37). The van der Waals surface area contributed by atoms with Gasteiger partial charge in [0.25, 0.3) is 5.91 Å². The molecule has 3 aromatic rings. The fourth-order valence-corrected chi connectivity index (χ4v) is 5.67. The van der Waals surface area contributed by atoms with Crippen molar-refractivity contribution >= 4 is 28.9 Å². The molecule has 39 heavy (non-hydrogen) atoms. The smallest absolute Gasteiger partial charge is 0.401 e. The predicted molar refractivity (Wildman–Crippen MR) is 140 cm³/mol. The Hall–Kier alpha value is -3.44. The van der Waals surface area contributed by atoms with Gasteiger partial charge in [-0.1, -0.05) is 17.7 Å². The summed E-state index contributed by atoms with van der Waals surface area (Å²) in [6.07, 6.45) is 1.39. The zero-order valence-electron chi connectivity index (χ0n) is 21.1. The Kier molecular flexibility index (Phi) is 6.38. The number of methoxy groups -OCH3 is 1. The van der Waals surface area contributed by atoms with Gasteiger partial charge in [-0.3, -0.25) is 14.7 Å². The largest absolute Gasteiger partial charge is 0.493 e. The SMILES string of the molecule is COc1c(Cl)cccc1Nc1c(-c2ccncc2OCC2CCN2CC(F)(F)F)[nH]c2c1C(=O)NCC21CC1. The van der Waals surface area contributed by atoms with E-state index in [4.69, 9.17) is 21.1 Å². The monoisotopic (exact) mass is 561 g/mol. The molecular weight excluding hydrogens is 535 g/mol. The number of carbonyl (C=O) groups is 1. The highest BCUT2D eigenvalue weighted by molar-refractivity contribution is 6.32. The number of alkyl halides is 3. The average molecular weight is 562 g/mol. The van der Waals surface area contributed by atoms with Gasteiger partial charge in [0, 0.05) is 42.0 Å². The van der Waals surface area contributed by atoms with Crippen molar-refractivity contribution in [2.45, 2.75) is 36.9 Å². The van der Waals surface area contributed by atoms with Gasteiger partial charge >= 0.3 is 6.18 Å². The van der Waals surface area contributed by atoms with Crippen LogP contribution in [0.15, 0.2) is 36.7 Å². The molecule has 1 atom stereocenters. The molecule has 1 saturated carbocycles. The van der Waals surface area contributed by atoms with Gasteiger partial charge in [0.1, 0.15) is 12.4 Å². The maximum absolute atomic E-state index is 13.2. The molecule has 3 aliphatic rings. The summed E-state index contributed by atoms with van der Waals surface area (Å²) in [6.45, 7) is 0.0557. The fourth-order valence-electron chi connectivity index (χ4n) is 5.41. The lowest BCUT2D eigenvalue weighted by molar-refractivity contribution is -0.163. The number of aromatic nitrogens is 2. The van der Waals surface area contributed by atoms with Gasteiger partial charge < -0.3 is 25.1 Å². The number of nitrogens with one attached hydrogen (secondary N) is 3.